The van der Waals surface area contributed by atoms with Gasteiger partial charge in [0.2, 0.25) is 0 Å². The SMILES string of the molecule is CC(OC(=O)[C@H](C)NC(=O)c1ccccc1)C(=O)Nc1sccc1C(N)=O. The molecular weight excluding hydrogens is 370 g/mol. The molecule has 27 heavy (non-hydrogen) atoms. The molecule has 8 nitrogen and oxygen atoms in total. The monoisotopic (exact) mass is 389 g/mol. The number of nitrogens with two attached hydrogens (primary N) is 1. The van der Waals surface area contributed by atoms with Crippen LogP contribution in [0, 0.1) is 0 Å². The Kier molecular flexibility index (Phi) is 6.67. The number of hydrogen-bond acceptors (Lipinski definition) is 6. The number of nitrogens with one attached hydrogen (secondary N) is 2. The van der Waals surface area contributed by atoms with E-state index < -0.39 is 35.8 Å². The fraction of sp³-hybridized carbons (Fsp3) is 0.222. The fourth-order valence-electron chi connectivity index (χ4n) is 2.07. The van der Waals surface area contributed by atoms with E-state index in [0.717, 1.165) is 11.3 Å². The van der Waals surface area contributed by atoms with Crippen LogP contribution < -0.4 is 16.4 Å². The molecule has 1 aromatic carbocycles. The number of carbonyl (C=O) groups excluding carboxylic acids is 4. The Hall–Kier alpha value is -3.20. The molecule has 4 N–H and O–H groups in total. The van der Waals surface area contributed by atoms with E-state index in [4.69, 9.17) is 10.5 Å². The van der Waals surface area contributed by atoms with E-state index in [-0.39, 0.29) is 10.6 Å². The number of ether oxygens (including phenoxy) is 1. The van der Waals surface area contributed by atoms with Crippen molar-refractivity contribution in [1.82, 2.24) is 5.32 Å². The third-order valence-electron chi connectivity index (χ3n) is 3.57. The number of hydrogen-bond donors (Lipinski definition) is 3. The number of rotatable bonds is 7. The van der Waals surface area contributed by atoms with E-state index >= 15 is 0 Å². The van der Waals surface area contributed by atoms with Crippen LogP contribution in [0.4, 0.5) is 5.00 Å². The predicted molar refractivity (Wildman–Crippen MR) is 100 cm³/mol. The Morgan fingerprint density at radius 2 is 1.74 bits per heavy atom. The molecule has 2 aromatic rings. The zero-order chi connectivity index (χ0) is 20.0. The first kappa shape index (κ1) is 20.1. The van der Waals surface area contributed by atoms with E-state index in [9.17, 15) is 19.2 Å². The average molecular weight is 389 g/mol. The van der Waals surface area contributed by atoms with E-state index in [2.05, 4.69) is 10.6 Å². The van der Waals surface area contributed by atoms with Crippen molar-refractivity contribution in [3.8, 4) is 0 Å². The molecule has 0 fully saturated rings. The summed E-state index contributed by atoms with van der Waals surface area (Å²) >= 11 is 1.12. The molecule has 0 aliphatic rings. The number of anilines is 1. The Morgan fingerprint density at radius 1 is 1.07 bits per heavy atom. The largest absolute Gasteiger partial charge is 0.451 e. The Balaban J connectivity index is 1.90. The van der Waals surface area contributed by atoms with Crippen molar-refractivity contribution in [2.24, 2.45) is 5.73 Å². The maximum atomic E-state index is 12.2. The van der Waals surface area contributed by atoms with Crippen molar-refractivity contribution in [3.05, 3.63) is 52.9 Å². The highest BCUT2D eigenvalue weighted by atomic mass is 32.1. The molecule has 0 saturated carbocycles. The lowest BCUT2D eigenvalue weighted by atomic mass is 10.2. The molecule has 0 radical (unpaired) electrons. The van der Waals surface area contributed by atoms with Gasteiger partial charge in [-0.1, -0.05) is 18.2 Å². The minimum absolute atomic E-state index is 0.176. The van der Waals surface area contributed by atoms with E-state index in [0.29, 0.717) is 5.56 Å². The highest BCUT2D eigenvalue weighted by molar-refractivity contribution is 7.14. The maximum Gasteiger partial charge on any atom is 0.329 e. The molecule has 3 amide bonds. The molecule has 2 rings (SSSR count). The quantitative estimate of drug-likeness (QED) is 0.619. The van der Waals surface area contributed by atoms with Gasteiger partial charge in [0, 0.05) is 5.56 Å². The van der Waals surface area contributed by atoms with Gasteiger partial charge in [-0.15, -0.1) is 11.3 Å². The summed E-state index contributed by atoms with van der Waals surface area (Å²) in [6.07, 6.45) is -1.13. The van der Waals surface area contributed by atoms with Gasteiger partial charge in [-0.3, -0.25) is 14.4 Å². The van der Waals surface area contributed by atoms with Gasteiger partial charge < -0.3 is 21.1 Å². The summed E-state index contributed by atoms with van der Waals surface area (Å²) in [7, 11) is 0. The fourth-order valence-corrected chi connectivity index (χ4v) is 2.87. The summed E-state index contributed by atoms with van der Waals surface area (Å²) in [6, 6.07) is 8.94. The molecule has 0 aliphatic heterocycles. The van der Waals surface area contributed by atoms with Crippen LogP contribution in [0.1, 0.15) is 34.6 Å². The predicted octanol–water partition coefficient (Wildman–Crippen LogP) is 1.54. The van der Waals surface area contributed by atoms with Gasteiger partial charge in [0.1, 0.15) is 11.0 Å². The molecule has 1 aromatic heterocycles. The smallest absolute Gasteiger partial charge is 0.329 e. The summed E-state index contributed by atoms with van der Waals surface area (Å²) in [5.41, 5.74) is 5.80. The van der Waals surface area contributed by atoms with Crippen LogP contribution in [0.5, 0.6) is 0 Å². The number of benzene rings is 1. The normalized spacial score (nSPS) is 12.5. The lowest BCUT2D eigenvalue weighted by molar-refractivity contribution is -0.154. The number of amides is 3. The molecule has 0 bridgehead atoms. The molecule has 0 saturated heterocycles. The van der Waals surface area contributed by atoms with Crippen LogP contribution in [0.3, 0.4) is 0 Å². The minimum Gasteiger partial charge on any atom is -0.451 e. The van der Waals surface area contributed by atoms with Gasteiger partial charge in [0.25, 0.3) is 17.7 Å². The second-order valence-corrected chi connectivity index (χ2v) is 6.57. The van der Waals surface area contributed by atoms with Crippen molar-refractivity contribution in [1.29, 1.82) is 0 Å². The molecule has 1 heterocycles. The molecule has 1 unspecified atom stereocenters. The van der Waals surface area contributed by atoms with Crippen molar-refractivity contribution in [2.75, 3.05) is 5.32 Å². The maximum absolute atomic E-state index is 12.2. The number of esters is 1. The Bertz CT molecular complexity index is 850. The van der Waals surface area contributed by atoms with Crippen LogP contribution in [-0.2, 0) is 14.3 Å². The second-order valence-electron chi connectivity index (χ2n) is 5.66. The highest BCUT2D eigenvalue weighted by Gasteiger charge is 2.24. The first-order valence-electron chi connectivity index (χ1n) is 8.04. The van der Waals surface area contributed by atoms with Crippen LogP contribution in [-0.4, -0.2) is 35.8 Å². The molecule has 9 heteroatoms. The third kappa shape index (κ3) is 5.38. The third-order valence-corrected chi connectivity index (χ3v) is 4.40. The zero-order valence-corrected chi connectivity index (χ0v) is 15.5. The Morgan fingerprint density at radius 3 is 2.37 bits per heavy atom. The van der Waals surface area contributed by atoms with Crippen LogP contribution in [0.2, 0.25) is 0 Å². The number of primary amides is 1. The van der Waals surface area contributed by atoms with Crippen molar-refractivity contribution in [3.63, 3.8) is 0 Å². The van der Waals surface area contributed by atoms with E-state index in [1.165, 1.54) is 19.9 Å². The topological polar surface area (TPSA) is 128 Å². The molecule has 2 atom stereocenters. The highest BCUT2D eigenvalue weighted by Crippen LogP contribution is 2.23. The standard InChI is InChI=1S/C18H19N3O5S/c1-10(20-16(24)12-6-4-3-5-7-12)18(25)26-11(2)15(23)21-17-13(14(19)22)8-9-27-17/h3-11H,1-2H3,(H2,19,22)(H,20,24)(H,21,23)/t10-,11?/m0/s1. The summed E-state index contributed by atoms with van der Waals surface area (Å²) in [5.74, 6) is -2.48. The minimum atomic E-state index is -1.13. The second kappa shape index (κ2) is 8.95. The van der Waals surface area contributed by atoms with Gasteiger partial charge in [-0.2, -0.15) is 0 Å². The molecule has 0 spiro atoms. The van der Waals surface area contributed by atoms with Crippen LogP contribution in [0.15, 0.2) is 41.8 Å². The first-order valence-corrected chi connectivity index (χ1v) is 8.92. The lowest BCUT2D eigenvalue weighted by Crippen LogP contribution is -2.42. The summed E-state index contributed by atoms with van der Waals surface area (Å²) in [5, 5.41) is 6.89. The number of thiophene rings is 1. The van der Waals surface area contributed by atoms with E-state index in [1.807, 2.05) is 0 Å². The van der Waals surface area contributed by atoms with Gasteiger partial charge in [-0.25, -0.2) is 4.79 Å². The van der Waals surface area contributed by atoms with Gasteiger partial charge in [0.15, 0.2) is 6.10 Å². The zero-order valence-electron chi connectivity index (χ0n) is 14.7. The van der Waals surface area contributed by atoms with E-state index in [1.54, 1.807) is 35.7 Å². The van der Waals surface area contributed by atoms with Gasteiger partial charge in [-0.05, 0) is 37.4 Å². The number of carbonyl (C=O) groups is 4. The lowest BCUT2D eigenvalue weighted by Gasteiger charge is -2.17. The molecule has 0 aliphatic carbocycles. The average Bonchev–Trinajstić information content (AvgIpc) is 3.10. The van der Waals surface area contributed by atoms with Gasteiger partial charge >= 0.3 is 5.97 Å². The summed E-state index contributed by atoms with van der Waals surface area (Å²) < 4.78 is 5.08. The van der Waals surface area contributed by atoms with Crippen LogP contribution in [0.25, 0.3) is 0 Å². The van der Waals surface area contributed by atoms with Crippen molar-refractivity contribution >= 4 is 40.0 Å². The summed E-state index contributed by atoms with van der Waals surface area (Å²) in [4.78, 5) is 47.6. The van der Waals surface area contributed by atoms with Crippen molar-refractivity contribution in [2.45, 2.75) is 26.0 Å². The summed E-state index contributed by atoms with van der Waals surface area (Å²) in [6.45, 7) is 2.84. The van der Waals surface area contributed by atoms with Gasteiger partial charge in [0.05, 0.1) is 5.56 Å². The van der Waals surface area contributed by atoms with Crippen molar-refractivity contribution < 1.29 is 23.9 Å². The first-order chi connectivity index (χ1) is 12.8. The Labute approximate surface area is 159 Å². The molecular formula is C18H19N3O5S. The van der Waals surface area contributed by atoms with Crippen LogP contribution >= 0.6 is 11.3 Å². The molecule has 142 valence electrons.